The number of rotatable bonds is 8. The second-order valence-corrected chi connectivity index (χ2v) is 5.04. The topological polar surface area (TPSA) is 63.0 Å². The van der Waals surface area contributed by atoms with Gasteiger partial charge >= 0.3 is 0 Å². The van der Waals surface area contributed by atoms with E-state index < -0.39 is 0 Å². The molecule has 0 fully saturated rings. The van der Waals surface area contributed by atoms with E-state index in [-0.39, 0.29) is 6.10 Å². The number of aliphatic hydroxyl groups is 1. The number of aromatic nitrogens is 3. The molecule has 17 heavy (non-hydrogen) atoms. The Kier molecular flexibility index (Phi) is 6.15. The van der Waals surface area contributed by atoms with Gasteiger partial charge in [-0.3, -0.25) is 4.68 Å². The minimum absolute atomic E-state index is 0.246. The maximum atomic E-state index is 9.73. The minimum atomic E-state index is -0.246. The standard InChI is InChI=1S/C12H24N4O/c1-10(2)6-12(17)7-14-11(3)4-5-16-9-13-8-15-16/h8-12,14,17H,4-7H2,1-3H3. The van der Waals surface area contributed by atoms with Crippen LogP contribution in [0.15, 0.2) is 12.7 Å². The highest BCUT2D eigenvalue weighted by Crippen LogP contribution is 2.04. The highest BCUT2D eigenvalue weighted by molar-refractivity contribution is 4.67. The molecule has 2 N–H and O–H groups in total. The van der Waals surface area contributed by atoms with Crippen molar-refractivity contribution in [2.45, 2.75) is 52.3 Å². The smallest absolute Gasteiger partial charge is 0.137 e. The van der Waals surface area contributed by atoms with Gasteiger partial charge in [-0.25, -0.2) is 4.98 Å². The van der Waals surface area contributed by atoms with Gasteiger partial charge in [-0.2, -0.15) is 5.10 Å². The fourth-order valence-electron chi connectivity index (χ4n) is 1.74. The summed E-state index contributed by atoms with van der Waals surface area (Å²) < 4.78 is 1.82. The van der Waals surface area contributed by atoms with Crippen molar-refractivity contribution in [2.24, 2.45) is 5.92 Å². The average Bonchev–Trinajstić information content (AvgIpc) is 2.75. The summed E-state index contributed by atoms with van der Waals surface area (Å²) in [4.78, 5) is 3.90. The largest absolute Gasteiger partial charge is 0.392 e. The molecule has 0 spiro atoms. The molecular weight excluding hydrogens is 216 g/mol. The second-order valence-electron chi connectivity index (χ2n) is 5.04. The summed E-state index contributed by atoms with van der Waals surface area (Å²) in [5, 5.41) is 17.1. The van der Waals surface area contributed by atoms with Gasteiger partial charge in [-0.1, -0.05) is 13.8 Å². The molecule has 0 aromatic carbocycles. The lowest BCUT2D eigenvalue weighted by atomic mass is 10.1. The van der Waals surface area contributed by atoms with E-state index in [1.807, 2.05) is 4.68 Å². The Hall–Kier alpha value is -0.940. The van der Waals surface area contributed by atoms with E-state index in [4.69, 9.17) is 0 Å². The van der Waals surface area contributed by atoms with Crippen molar-refractivity contribution in [2.75, 3.05) is 6.54 Å². The first kappa shape index (κ1) is 14.1. The zero-order valence-electron chi connectivity index (χ0n) is 11.0. The number of nitrogens with zero attached hydrogens (tertiary/aromatic N) is 3. The van der Waals surface area contributed by atoms with Crippen molar-refractivity contribution >= 4 is 0 Å². The first-order valence-corrected chi connectivity index (χ1v) is 6.31. The lowest BCUT2D eigenvalue weighted by molar-refractivity contribution is 0.142. The van der Waals surface area contributed by atoms with Crippen LogP contribution in [0, 0.1) is 5.92 Å². The SMILES string of the molecule is CC(C)CC(O)CNC(C)CCn1cncn1. The summed E-state index contributed by atoms with van der Waals surface area (Å²) in [7, 11) is 0. The maximum Gasteiger partial charge on any atom is 0.137 e. The Morgan fingerprint density at radius 2 is 2.12 bits per heavy atom. The molecule has 5 nitrogen and oxygen atoms in total. The van der Waals surface area contributed by atoms with Crippen LogP contribution in [0.25, 0.3) is 0 Å². The van der Waals surface area contributed by atoms with Gasteiger partial charge in [0.25, 0.3) is 0 Å². The molecule has 98 valence electrons. The van der Waals surface area contributed by atoms with Gasteiger partial charge in [-0.15, -0.1) is 0 Å². The van der Waals surface area contributed by atoms with Crippen LogP contribution in [0.2, 0.25) is 0 Å². The molecule has 2 unspecified atom stereocenters. The van der Waals surface area contributed by atoms with Gasteiger partial charge in [0, 0.05) is 19.1 Å². The van der Waals surface area contributed by atoms with Crippen molar-refractivity contribution in [3.8, 4) is 0 Å². The predicted octanol–water partition coefficient (Wildman–Crippen LogP) is 1.05. The predicted molar refractivity (Wildman–Crippen MR) is 67.6 cm³/mol. The van der Waals surface area contributed by atoms with Crippen LogP contribution in [0.4, 0.5) is 0 Å². The van der Waals surface area contributed by atoms with E-state index >= 15 is 0 Å². The fourth-order valence-corrected chi connectivity index (χ4v) is 1.74. The highest BCUT2D eigenvalue weighted by atomic mass is 16.3. The zero-order chi connectivity index (χ0) is 12.7. The van der Waals surface area contributed by atoms with Gasteiger partial charge in [0.2, 0.25) is 0 Å². The quantitative estimate of drug-likeness (QED) is 0.713. The molecule has 0 bridgehead atoms. The monoisotopic (exact) mass is 240 g/mol. The molecule has 1 aromatic heterocycles. The van der Waals surface area contributed by atoms with Crippen molar-refractivity contribution < 1.29 is 5.11 Å². The van der Waals surface area contributed by atoms with Crippen LogP contribution in [0.5, 0.6) is 0 Å². The van der Waals surface area contributed by atoms with Crippen LogP contribution in [-0.2, 0) is 6.54 Å². The molecular formula is C12H24N4O. The summed E-state index contributed by atoms with van der Waals surface area (Å²) in [5.74, 6) is 0.539. The molecule has 0 saturated heterocycles. The molecule has 1 aromatic rings. The molecule has 0 aliphatic heterocycles. The first-order chi connectivity index (χ1) is 8.08. The van der Waals surface area contributed by atoms with Crippen molar-refractivity contribution in [3.63, 3.8) is 0 Å². The molecule has 0 saturated carbocycles. The molecule has 0 aliphatic carbocycles. The second kappa shape index (κ2) is 7.40. The third-order valence-corrected chi connectivity index (χ3v) is 2.70. The Labute approximate surface area is 103 Å². The third-order valence-electron chi connectivity index (χ3n) is 2.70. The number of hydrogen-bond donors (Lipinski definition) is 2. The van der Waals surface area contributed by atoms with E-state index in [1.165, 1.54) is 0 Å². The summed E-state index contributed by atoms with van der Waals surface area (Å²) in [5.41, 5.74) is 0. The Balaban J connectivity index is 2.10. The van der Waals surface area contributed by atoms with Crippen LogP contribution >= 0.6 is 0 Å². The summed E-state index contributed by atoms with van der Waals surface area (Å²) in [6, 6.07) is 0.376. The molecule has 2 atom stereocenters. The van der Waals surface area contributed by atoms with E-state index in [0.29, 0.717) is 18.5 Å². The Bertz CT molecular complexity index is 287. The van der Waals surface area contributed by atoms with Crippen LogP contribution < -0.4 is 5.32 Å². The zero-order valence-corrected chi connectivity index (χ0v) is 11.0. The lowest BCUT2D eigenvalue weighted by Crippen LogP contribution is -2.35. The highest BCUT2D eigenvalue weighted by Gasteiger charge is 2.09. The van der Waals surface area contributed by atoms with E-state index in [9.17, 15) is 5.11 Å². The Morgan fingerprint density at radius 1 is 1.35 bits per heavy atom. The summed E-state index contributed by atoms with van der Waals surface area (Å²) in [6.07, 6.45) is 4.86. The van der Waals surface area contributed by atoms with Gasteiger partial charge in [0.1, 0.15) is 12.7 Å². The molecule has 0 radical (unpaired) electrons. The van der Waals surface area contributed by atoms with E-state index in [0.717, 1.165) is 19.4 Å². The van der Waals surface area contributed by atoms with Gasteiger partial charge in [0.05, 0.1) is 6.10 Å². The number of aryl methyl sites for hydroxylation is 1. The average molecular weight is 240 g/mol. The number of hydrogen-bond acceptors (Lipinski definition) is 4. The summed E-state index contributed by atoms with van der Waals surface area (Å²) >= 11 is 0. The lowest BCUT2D eigenvalue weighted by Gasteiger charge is -2.18. The van der Waals surface area contributed by atoms with Crippen molar-refractivity contribution in [3.05, 3.63) is 12.7 Å². The molecule has 0 aliphatic rings. The summed E-state index contributed by atoms with van der Waals surface area (Å²) in [6.45, 7) is 7.89. The van der Waals surface area contributed by atoms with E-state index in [1.54, 1.807) is 12.7 Å². The van der Waals surface area contributed by atoms with Crippen LogP contribution in [-0.4, -0.2) is 38.6 Å². The Morgan fingerprint density at radius 3 is 2.71 bits per heavy atom. The van der Waals surface area contributed by atoms with Gasteiger partial charge < -0.3 is 10.4 Å². The fraction of sp³-hybridized carbons (Fsp3) is 0.833. The van der Waals surface area contributed by atoms with Crippen LogP contribution in [0.1, 0.15) is 33.6 Å². The first-order valence-electron chi connectivity index (χ1n) is 6.31. The minimum Gasteiger partial charge on any atom is -0.392 e. The number of nitrogens with one attached hydrogen (secondary N) is 1. The molecule has 5 heteroatoms. The van der Waals surface area contributed by atoms with Gasteiger partial charge in [-0.05, 0) is 25.7 Å². The molecule has 1 heterocycles. The maximum absolute atomic E-state index is 9.73. The molecule has 1 rings (SSSR count). The van der Waals surface area contributed by atoms with Gasteiger partial charge in [0.15, 0.2) is 0 Å². The van der Waals surface area contributed by atoms with Crippen LogP contribution in [0.3, 0.4) is 0 Å². The number of aliphatic hydroxyl groups excluding tert-OH is 1. The van der Waals surface area contributed by atoms with Crippen molar-refractivity contribution in [1.82, 2.24) is 20.1 Å². The van der Waals surface area contributed by atoms with E-state index in [2.05, 4.69) is 36.2 Å². The molecule has 0 amide bonds. The van der Waals surface area contributed by atoms with Crippen molar-refractivity contribution in [1.29, 1.82) is 0 Å². The third kappa shape index (κ3) is 6.38. The normalized spacial score (nSPS) is 15.1.